The van der Waals surface area contributed by atoms with E-state index in [1.165, 1.54) is 6.21 Å². The molecule has 0 amide bonds. The molecule has 2 N–H and O–H groups in total. The minimum absolute atomic E-state index is 0.413. The van der Waals surface area contributed by atoms with Crippen molar-refractivity contribution in [2.24, 2.45) is 4.99 Å². The number of hydrogen-bond donors (Lipinski definition) is 2. The number of nitrogens with one attached hydrogen (secondary N) is 2. The molecule has 0 fully saturated rings. The van der Waals surface area contributed by atoms with E-state index in [9.17, 15) is 0 Å². The topological polar surface area (TPSA) is 60.1 Å². The fourth-order valence-electron chi connectivity index (χ4n) is 0.320. The van der Waals surface area contributed by atoms with Crippen LogP contribution in [0.15, 0.2) is 4.99 Å². The van der Waals surface area contributed by atoms with Crippen molar-refractivity contribution in [1.29, 1.82) is 10.8 Å². The minimum atomic E-state index is 0.413. The monoisotopic (exact) mass is 125 g/mol. The van der Waals surface area contributed by atoms with Crippen LogP contribution in [0.1, 0.15) is 13.8 Å². The van der Waals surface area contributed by atoms with Gasteiger partial charge < -0.3 is 10.8 Å². The third-order valence-corrected chi connectivity index (χ3v) is 0.613. The third-order valence-electron chi connectivity index (χ3n) is 0.613. The number of aliphatic imine (C=N–C) groups is 1. The van der Waals surface area contributed by atoms with Gasteiger partial charge in [-0.1, -0.05) is 0 Å². The van der Waals surface area contributed by atoms with E-state index < -0.39 is 0 Å². The highest BCUT2D eigenvalue weighted by molar-refractivity contribution is 6.28. The normalized spacial score (nSPS) is 10.0. The summed E-state index contributed by atoms with van der Waals surface area (Å²) in [7, 11) is 0. The summed E-state index contributed by atoms with van der Waals surface area (Å²) in [6.45, 7) is 3.76. The molecule has 0 saturated heterocycles. The minimum Gasteiger partial charge on any atom is -0.308 e. The van der Waals surface area contributed by atoms with E-state index in [0.29, 0.717) is 18.0 Å². The van der Waals surface area contributed by atoms with Crippen LogP contribution in [0.2, 0.25) is 0 Å². The number of hydrogen-bond acceptors (Lipinski definition) is 3. The van der Waals surface area contributed by atoms with Gasteiger partial charge in [-0.2, -0.15) is 0 Å². The Bertz CT molecular complexity index is 146. The second-order valence-electron chi connectivity index (χ2n) is 1.93. The maximum absolute atomic E-state index is 6.95. The zero-order valence-corrected chi connectivity index (χ0v) is 5.73. The van der Waals surface area contributed by atoms with Gasteiger partial charge in [0.2, 0.25) is 0 Å². The summed E-state index contributed by atoms with van der Waals surface area (Å²) >= 11 is 0. The quantitative estimate of drug-likeness (QED) is 0.531. The van der Waals surface area contributed by atoms with Crippen molar-refractivity contribution < 1.29 is 0 Å². The summed E-state index contributed by atoms with van der Waals surface area (Å²) in [5, 5.41) is 13.9. The molecule has 0 unspecified atom stereocenters. The molecule has 0 atom stereocenters. The predicted octanol–water partition coefficient (Wildman–Crippen LogP) is 1.14. The van der Waals surface area contributed by atoms with Gasteiger partial charge in [-0.3, -0.25) is 4.99 Å². The lowest BCUT2D eigenvalue weighted by Crippen LogP contribution is -1.96. The van der Waals surface area contributed by atoms with Crippen molar-refractivity contribution in [3.63, 3.8) is 0 Å². The Morgan fingerprint density at radius 3 is 2.33 bits per heavy atom. The zero-order chi connectivity index (χ0) is 7.28. The Labute approximate surface area is 54.8 Å². The standard InChI is InChI=1S/C6H11N3/c1-5(7)3-9-4-6(2)8/h3,7-8H,4H2,1-2H3. The molecule has 0 spiro atoms. The van der Waals surface area contributed by atoms with E-state index in [1.807, 2.05) is 0 Å². The lowest BCUT2D eigenvalue weighted by Gasteiger charge is -1.86. The van der Waals surface area contributed by atoms with E-state index in [4.69, 9.17) is 10.8 Å². The Kier molecular flexibility index (Phi) is 3.51. The van der Waals surface area contributed by atoms with E-state index >= 15 is 0 Å². The van der Waals surface area contributed by atoms with Crippen molar-refractivity contribution >= 4 is 17.6 Å². The Hall–Kier alpha value is -0.990. The lowest BCUT2D eigenvalue weighted by molar-refractivity contribution is 1.26. The number of rotatable bonds is 3. The van der Waals surface area contributed by atoms with E-state index in [-0.39, 0.29) is 0 Å². The smallest absolute Gasteiger partial charge is 0.0763 e. The molecule has 0 heterocycles. The molecule has 50 valence electrons. The van der Waals surface area contributed by atoms with Crippen molar-refractivity contribution in [2.75, 3.05) is 6.54 Å². The van der Waals surface area contributed by atoms with Crippen LogP contribution < -0.4 is 0 Å². The molecular formula is C6H11N3. The summed E-state index contributed by atoms with van der Waals surface area (Å²) < 4.78 is 0. The maximum Gasteiger partial charge on any atom is 0.0763 e. The first-order valence-electron chi connectivity index (χ1n) is 2.72. The molecule has 3 nitrogen and oxygen atoms in total. The van der Waals surface area contributed by atoms with Crippen LogP contribution in [-0.2, 0) is 0 Å². The fraction of sp³-hybridized carbons (Fsp3) is 0.500. The van der Waals surface area contributed by atoms with Crippen LogP contribution in [0, 0.1) is 10.8 Å². The molecule has 0 aliphatic rings. The van der Waals surface area contributed by atoms with Crippen LogP contribution in [-0.4, -0.2) is 24.2 Å². The highest BCUT2D eigenvalue weighted by atomic mass is 14.7. The molecule has 0 bridgehead atoms. The molecule has 0 aromatic rings. The van der Waals surface area contributed by atoms with Gasteiger partial charge in [-0.15, -0.1) is 0 Å². The van der Waals surface area contributed by atoms with Crippen molar-refractivity contribution in [3.8, 4) is 0 Å². The zero-order valence-electron chi connectivity index (χ0n) is 5.73. The van der Waals surface area contributed by atoms with E-state index in [2.05, 4.69) is 4.99 Å². The van der Waals surface area contributed by atoms with E-state index in [0.717, 1.165) is 0 Å². The largest absolute Gasteiger partial charge is 0.308 e. The van der Waals surface area contributed by atoms with Crippen LogP contribution in [0.3, 0.4) is 0 Å². The fourth-order valence-corrected chi connectivity index (χ4v) is 0.320. The van der Waals surface area contributed by atoms with Crippen LogP contribution in [0.25, 0.3) is 0 Å². The molecule has 3 heteroatoms. The highest BCUT2D eigenvalue weighted by Crippen LogP contribution is 1.72. The number of nitrogens with zero attached hydrogens (tertiary/aromatic N) is 1. The SMILES string of the molecule is CC(=N)C=NCC(C)=N. The second-order valence-corrected chi connectivity index (χ2v) is 1.93. The third kappa shape index (κ3) is 7.01. The molecular weight excluding hydrogens is 114 g/mol. The van der Waals surface area contributed by atoms with E-state index in [1.54, 1.807) is 13.8 Å². The highest BCUT2D eigenvalue weighted by Gasteiger charge is 1.81. The average Bonchev–Trinajstić information content (AvgIpc) is 1.63. The molecule has 0 rings (SSSR count). The Balaban J connectivity index is 3.48. The molecule has 0 aliphatic carbocycles. The second kappa shape index (κ2) is 3.95. The van der Waals surface area contributed by atoms with Gasteiger partial charge in [0.05, 0.1) is 6.54 Å². The van der Waals surface area contributed by atoms with Gasteiger partial charge in [0.1, 0.15) is 0 Å². The van der Waals surface area contributed by atoms with Gasteiger partial charge in [-0.25, -0.2) is 0 Å². The van der Waals surface area contributed by atoms with Gasteiger partial charge in [-0.05, 0) is 13.8 Å². The Morgan fingerprint density at radius 1 is 1.44 bits per heavy atom. The molecule has 0 aromatic heterocycles. The summed E-state index contributed by atoms with van der Waals surface area (Å²) in [5.74, 6) is 0. The summed E-state index contributed by atoms with van der Waals surface area (Å²) in [6.07, 6.45) is 1.46. The van der Waals surface area contributed by atoms with Crippen LogP contribution in [0.5, 0.6) is 0 Å². The first kappa shape index (κ1) is 8.01. The molecule has 0 aliphatic heterocycles. The predicted molar refractivity (Wildman–Crippen MR) is 40.2 cm³/mol. The van der Waals surface area contributed by atoms with Gasteiger partial charge in [0.25, 0.3) is 0 Å². The van der Waals surface area contributed by atoms with Crippen molar-refractivity contribution in [3.05, 3.63) is 0 Å². The first-order valence-corrected chi connectivity index (χ1v) is 2.72. The van der Waals surface area contributed by atoms with Crippen LogP contribution in [0.4, 0.5) is 0 Å². The average molecular weight is 125 g/mol. The molecule has 9 heavy (non-hydrogen) atoms. The maximum atomic E-state index is 6.95. The van der Waals surface area contributed by atoms with Gasteiger partial charge >= 0.3 is 0 Å². The van der Waals surface area contributed by atoms with Gasteiger partial charge in [0.15, 0.2) is 0 Å². The molecule has 0 saturated carbocycles. The molecule has 0 aromatic carbocycles. The van der Waals surface area contributed by atoms with Crippen molar-refractivity contribution in [2.45, 2.75) is 13.8 Å². The Morgan fingerprint density at radius 2 is 2.00 bits per heavy atom. The van der Waals surface area contributed by atoms with Crippen molar-refractivity contribution in [1.82, 2.24) is 0 Å². The lowest BCUT2D eigenvalue weighted by atomic mass is 10.4. The van der Waals surface area contributed by atoms with Crippen LogP contribution >= 0.6 is 0 Å². The van der Waals surface area contributed by atoms with Gasteiger partial charge in [0, 0.05) is 17.6 Å². The molecule has 0 radical (unpaired) electrons. The first-order chi connectivity index (χ1) is 4.13. The summed E-state index contributed by atoms with van der Waals surface area (Å²) in [4.78, 5) is 3.80. The summed E-state index contributed by atoms with van der Waals surface area (Å²) in [5.41, 5.74) is 0.948. The summed E-state index contributed by atoms with van der Waals surface area (Å²) in [6, 6.07) is 0.